The lowest BCUT2D eigenvalue weighted by molar-refractivity contribution is 0.303. The third-order valence-electron chi connectivity index (χ3n) is 4.21. The first-order valence-electron chi connectivity index (χ1n) is 8.20. The summed E-state index contributed by atoms with van der Waals surface area (Å²) in [5.74, 6) is 0.768. The number of halogens is 3. The molecule has 2 nitrogen and oxygen atoms in total. The smallest absolute Gasteiger partial charge is 0.130 e. The molecule has 0 amide bonds. The molecule has 132 valence electrons. The van der Waals surface area contributed by atoms with Crippen LogP contribution in [-0.4, -0.2) is 23.0 Å². The maximum Gasteiger partial charge on any atom is 0.130 e. The molecule has 2 aromatic rings. The van der Waals surface area contributed by atoms with Crippen LogP contribution in [0.2, 0.25) is 10.0 Å². The van der Waals surface area contributed by atoms with Gasteiger partial charge >= 0.3 is 0 Å². The Bertz CT molecular complexity index is 778. The topological polar surface area (TPSA) is 12.5 Å². The molecule has 0 N–H and O–H groups in total. The highest BCUT2D eigenvalue weighted by atomic mass is 79.9. The molecule has 25 heavy (non-hydrogen) atoms. The SMILES string of the molecule is S=C(c1cc(Br)ccc1OCc1ccc(Cl)cc1Cl)N1CCCCC1. The third-order valence-corrected chi connectivity index (χ3v) is 5.77. The van der Waals surface area contributed by atoms with Crippen molar-refractivity contribution in [2.75, 3.05) is 13.1 Å². The van der Waals surface area contributed by atoms with Gasteiger partial charge in [-0.15, -0.1) is 0 Å². The van der Waals surface area contributed by atoms with Gasteiger partial charge in [-0.25, -0.2) is 0 Å². The summed E-state index contributed by atoms with van der Waals surface area (Å²) >= 11 is 21.5. The van der Waals surface area contributed by atoms with Crippen LogP contribution >= 0.6 is 51.3 Å². The molecule has 6 heteroatoms. The zero-order chi connectivity index (χ0) is 17.8. The molecule has 1 fully saturated rings. The van der Waals surface area contributed by atoms with Crippen molar-refractivity contribution in [1.29, 1.82) is 0 Å². The molecule has 1 heterocycles. The van der Waals surface area contributed by atoms with Crippen molar-refractivity contribution in [3.05, 3.63) is 62.0 Å². The highest BCUT2D eigenvalue weighted by Crippen LogP contribution is 2.28. The van der Waals surface area contributed by atoms with Crippen LogP contribution in [0, 0.1) is 0 Å². The van der Waals surface area contributed by atoms with E-state index in [4.69, 9.17) is 40.2 Å². The number of nitrogens with zero attached hydrogens (tertiary/aromatic N) is 1. The Kier molecular flexibility index (Phi) is 6.61. The van der Waals surface area contributed by atoms with Crippen LogP contribution in [0.1, 0.15) is 30.4 Å². The summed E-state index contributed by atoms with van der Waals surface area (Å²) in [4.78, 5) is 3.11. The number of thiocarbonyl (C=S) groups is 1. The molecule has 0 unspecified atom stereocenters. The van der Waals surface area contributed by atoms with Gasteiger partial charge in [-0.2, -0.15) is 0 Å². The minimum Gasteiger partial charge on any atom is -0.488 e. The number of likely N-dealkylation sites (tertiary alicyclic amines) is 1. The van der Waals surface area contributed by atoms with Gasteiger partial charge in [0, 0.05) is 33.2 Å². The van der Waals surface area contributed by atoms with Gasteiger partial charge in [-0.1, -0.05) is 57.4 Å². The fourth-order valence-electron chi connectivity index (χ4n) is 2.86. The van der Waals surface area contributed by atoms with Gasteiger partial charge in [0.1, 0.15) is 17.3 Å². The molecular formula is C19H18BrCl2NOS. The van der Waals surface area contributed by atoms with E-state index in [9.17, 15) is 0 Å². The lowest BCUT2D eigenvalue weighted by Gasteiger charge is -2.30. The summed E-state index contributed by atoms with van der Waals surface area (Å²) in [6, 6.07) is 11.3. The fourth-order valence-corrected chi connectivity index (χ4v) is 4.02. The first kappa shape index (κ1) is 19.0. The van der Waals surface area contributed by atoms with E-state index in [1.54, 1.807) is 6.07 Å². The van der Waals surface area contributed by atoms with E-state index < -0.39 is 0 Å². The summed E-state index contributed by atoms with van der Waals surface area (Å²) in [5, 5.41) is 1.22. The molecule has 0 atom stereocenters. The van der Waals surface area contributed by atoms with E-state index in [1.807, 2.05) is 30.3 Å². The molecule has 0 aromatic heterocycles. The highest BCUT2D eigenvalue weighted by Gasteiger charge is 2.19. The Morgan fingerprint density at radius 1 is 1.08 bits per heavy atom. The second kappa shape index (κ2) is 8.72. The van der Waals surface area contributed by atoms with E-state index in [1.165, 1.54) is 19.3 Å². The van der Waals surface area contributed by atoms with E-state index in [2.05, 4.69) is 20.8 Å². The zero-order valence-electron chi connectivity index (χ0n) is 13.6. The molecule has 1 aliphatic heterocycles. The minimum absolute atomic E-state index is 0.368. The molecule has 1 aliphatic rings. The summed E-state index contributed by atoms with van der Waals surface area (Å²) in [7, 11) is 0. The molecule has 3 rings (SSSR count). The number of ether oxygens (including phenoxy) is 1. The minimum atomic E-state index is 0.368. The van der Waals surface area contributed by atoms with Gasteiger partial charge < -0.3 is 9.64 Å². The average molecular weight is 459 g/mol. The standard InChI is InChI=1S/C19H18BrCl2NOS/c20-14-5-7-18(24-12-13-4-6-15(21)11-17(13)22)16(10-14)19(25)23-8-2-1-3-9-23/h4-7,10-11H,1-3,8-9,12H2. The summed E-state index contributed by atoms with van der Waals surface area (Å²) in [5.41, 5.74) is 1.83. The average Bonchev–Trinajstić information content (AvgIpc) is 2.62. The Labute approximate surface area is 172 Å². The van der Waals surface area contributed by atoms with Crippen LogP contribution in [0.15, 0.2) is 40.9 Å². The number of hydrogen-bond donors (Lipinski definition) is 0. The molecular weight excluding hydrogens is 441 g/mol. The van der Waals surface area contributed by atoms with Crippen molar-refractivity contribution in [2.45, 2.75) is 25.9 Å². The third kappa shape index (κ3) is 4.88. The van der Waals surface area contributed by atoms with E-state index in [0.717, 1.165) is 39.4 Å². The van der Waals surface area contributed by atoms with Gasteiger partial charge in [0.2, 0.25) is 0 Å². The Morgan fingerprint density at radius 3 is 2.56 bits per heavy atom. The van der Waals surface area contributed by atoms with Crippen LogP contribution in [0.5, 0.6) is 5.75 Å². The summed E-state index contributed by atoms with van der Waals surface area (Å²) in [6.07, 6.45) is 3.64. The van der Waals surface area contributed by atoms with E-state index in [0.29, 0.717) is 16.7 Å². The predicted molar refractivity (Wildman–Crippen MR) is 112 cm³/mol. The maximum absolute atomic E-state index is 6.24. The second-order valence-corrected chi connectivity index (χ2v) is 8.16. The lowest BCUT2D eigenvalue weighted by atomic mass is 10.1. The number of piperidine rings is 1. The Morgan fingerprint density at radius 2 is 1.84 bits per heavy atom. The highest BCUT2D eigenvalue weighted by molar-refractivity contribution is 9.10. The van der Waals surface area contributed by atoms with Crippen molar-refractivity contribution in [3.8, 4) is 5.75 Å². The number of rotatable bonds is 4. The monoisotopic (exact) mass is 457 g/mol. The molecule has 0 spiro atoms. The second-order valence-electron chi connectivity index (χ2n) is 6.02. The Balaban J connectivity index is 1.80. The maximum atomic E-state index is 6.24. The quantitative estimate of drug-likeness (QED) is 0.485. The number of hydrogen-bond acceptors (Lipinski definition) is 2. The zero-order valence-corrected chi connectivity index (χ0v) is 17.5. The van der Waals surface area contributed by atoms with Crippen molar-refractivity contribution in [1.82, 2.24) is 4.90 Å². The van der Waals surface area contributed by atoms with Crippen molar-refractivity contribution in [2.24, 2.45) is 0 Å². The van der Waals surface area contributed by atoms with Gasteiger partial charge in [-0.05, 0) is 49.6 Å². The molecule has 2 aromatic carbocycles. The summed E-state index contributed by atoms with van der Waals surface area (Å²) in [6.45, 7) is 2.38. The Hall–Kier alpha value is -0.810. The molecule has 1 saturated heterocycles. The van der Waals surface area contributed by atoms with E-state index >= 15 is 0 Å². The molecule has 0 radical (unpaired) electrons. The van der Waals surface area contributed by atoms with Crippen LogP contribution in [-0.2, 0) is 6.61 Å². The van der Waals surface area contributed by atoms with Gasteiger partial charge in [0.25, 0.3) is 0 Å². The largest absolute Gasteiger partial charge is 0.488 e. The normalized spacial score (nSPS) is 14.4. The summed E-state index contributed by atoms with van der Waals surface area (Å²) < 4.78 is 7.03. The lowest BCUT2D eigenvalue weighted by Crippen LogP contribution is -2.35. The molecule has 0 bridgehead atoms. The van der Waals surface area contributed by atoms with Crippen molar-refractivity contribution < 1.29 is 4.74 Å². The van der Waals surface area contributed by atoms with E-state index in [-0.39, 0.29) is 0 Å². The van der Waals surface area contributed by atoms with Crippen LogP contribution in [0.4, 0.5) is 0 Å². The van der Waals surface area contributed by atoms with Crippen molar-refractivity contribution >= 4 is 56.3 Å². The van der Waals surface area contributed by atoms with Crippen molar-refractivity contribution in [3.63, 3.8) is 0 Å². The molecule has 0 saturated carbocycles. The molecule has 0 aliphatic carbocycles. The van der Waals surface area contributed by atoms with Gasteiger partial charge in [0.05, 0.1) is 5.56 Å². The predicted octanol–water partition coefficient (Wildman–Crippen LogP) is 6.50. The van der Waals surface area contributed by atoms with Crippen LogP contribution < -0.4 is 4.74 Å². The van der Waals surface area contributed by atoms with Crippen LogP contribution in [0.25, 0.3) is 0 Å². The van der Waals surface area contributed by atoms with Crippen LogP contribution in [0.3, 0.4) is 0 Å². The van der Waals surface area contributed by atoms with Gasteiger partial charge in [0.15, 0.2) is 0 Å². The number of benzene rings is 2. The van der Waals surface area contributed by atoms with Gasteiger partial charge in [-0.3, -0.25) is 0 Å². The first-order chi connectivity index (χ1) is 12.0. The fraction of sp³-hybridized carbons (Fsp3) is 0.316. The first-order valence-corrected chi connectivity index (χ1v) is 10.2.